The molecule has 0 aliphatic heterocycles. The van der Waals surface area contributed by atoms with E-state index >= 15 is 0 Å². The summed E-state index contributed by atoms with van der Waals surface area (Å²) in [5.74, 6) is -0.608. The maximum atomic E-state index is 10.9. The number of unbranched alkanes of at least 4 members (excludes halogenated alkanes) is 1. The molecule has 0 saturated heterocycles. The van der Waals surface area contributed by atoms with Crippen LogP contribution in [0.3, 0.4) is 0 Å². The van der Waals surface area contributed by atoms with E-state index in [4.69, 9.17) is 16.2 Å². The zero-order valence-corrected chi connectivity index (χ0v) is 9.48. The number of carbonyl (C=O) groups is 1. The summed E-state index contributed by atoms with van der Waals surface area (Å²) in [4.78, 5) is 10.9. The van der Waals surface area contributed by atoms with E-state index in [1.807, 2.05) is 0 Å². The van der Waals surface area contributed by atoms with Crippen LogP contribution in [0.2, 0.25) is 0 Å². The minimum Gasteiger partial charge on any atom is -0.396 e. The molecule has 0 fully saturated rings. The highest BCUT2D eigenvalue weighted by Crippen LogP contribution is 2.07. The maximum absolute atomic E-state index is 10.9. The molecule has 0 aliphatic rings. The molecule has 6 heteroatoms. The quantitative estimate of drug-likeness (QED) is 0.657. The Hall–Kier alpha value is -1.56. The number of rotatable bonds is 7. The van der Waals surface area contributed by atoms with Crippen LogP contribution in [0.4, 0.5) is 5.69 Å². The van der Waals surface area contributed by atoms with E-state index in [9.17, 15) is 4.79 Å². The third-order valence-corrected chi connectivity index (χ3v) is 2.13. The Bertz CT molecular complexity index is 349. The van der Waals surface area contributed by atoms with Gasteiger partial charge in [-0.05, 0) is 6.42 Å². The molecule has 1 rings (SSSR count). The molecule has 90 valence electrons. The monoisotopic (exact) mass is 226 g/mol. The Labute approximate surface area is 94.5 Å². The van der Waals surface area contributed by atoms with Crippen LogP contribution in [0.5, 0.6) is 0 Å². The summed E-state index contributed by atoms with van der Waals surface area (Å²) in [6.07, 6.45) is 3.75. The van der Waals surface area contributed by atoms with E-state index in [1.165, 1.54) is 0 Å². The zero-order chi connectivity index (χ0) is 12.0. The lowest BCUT2D eigenvalue weighted by molar-refractivity contribution is 0.0993. The predicted octanol–water partition coefficient (Wildman–Crippen LogP) is 0.381. The van der Waals surface area contributed by atoms with Gasteiger partial charge in [0.1, 0.15) is 0 Å². The van der Waals surface area contributed by atoms with Crippen molar-refractivity contribution in [2.45, 2.75) is 26.3 Å². The smallest absolute Gasteiger partial charge is 0.271 e. The zero-order valence-electron chi connectivity index (χ0n) is 9.48. The summed E-state index contributed by atoms with van der Waals surface area (Å²) in [7, 11) is 0. The second kappa shape index (κ2) is 6.12. The van der Waals surface area contributed by atoms with Gasteiger partial charge in [0.25, 0.3) is 5.91 Å². The van der Waals surface area contributed by atoms with Crippen LogP contribution in [-0.2, 0) is 11.3 Å². The summed E-state index contributed by atoms with van der Waals surface area (Å²) in [5, 5.41) is 3.96. The summed E-state index contributed by atoms with van der Waals surface area (Å²) in [6, 6.07) is 0. The van der Waals surface area contributed by atoms with E-state index in [1.54, 1.807) is 10.9 Å². The second-order valence-electron chi connectivity index (χ2n) is 3.53. The number of nitrogens with two attached hydrogens (primary N) is 2. The number of hydrogen-bond donors (Lipinski definition) is 2. The summed E-state index contributed by atoms with van der Waals surface area (Å²) in [5.41, 5.74) is 11.1. The number of carbonyl (C=O) groups excluding carboxylic acids is 1. The molecule has 0 radical (unpaired) electrons. The molecule has 0 atom stereocenters. The first-order valence-electron chi connectivity index (χ1n) is 5.35. The van der Waals surface area contributed by atoms with Gasteiger partial charge in [-0.25, -0.2) is 0 Å². The van der Waals surface area contributed by atoms with Gasteiger partial charge >= 0.3 is 0 Å². The maximum Gasteiger partial charge on any atom is 0.271 e. The van der Waals surface area contributed by atoms with Crippen LogP contribution < -0.4 is 11.5 Å². The number of hydrogen-bond acceptors (Lipinski definition) is 4. The third-order valence-electron chi connectivity index (χ3n) is 2.13. The summed E-state index contributed by atoms with van der Waals surface area (Å²) >= 11 is 0. The van der Waals surface area contributed by atoms with Gasteiger partial charge in [-0.2, -0.15) is 5.10 Å². The van der Waals surface area contributed by atoms with Crippen molar-refractivity contribution in [1.82, 2.24) is 9.78 Å². The first-order valence-corrected chi connectivity index (χ1v) is 5.35. The highest BCUT2D eigenvalue weighted by atomic mass is 16.5. The van der Waals surface area contributed by atoms with Gasteiger partial charge in [-0.15, -0.1) is 0 Å². The predicted molar refractivity (Wildman–Crippen MR) is 60.9 cm³/mol. The molecule has 0 spiro atoms. The van der Waals surface area contributed by atoms with Crippen LogP contribution in [-0.4, -0.2) is 28.9 Å². The van der Waals surface area contributed by atoms with E-state index < -0.39 is 5.91 Å². The second-order valence-corrected chi connectivity index (χ2v) is 3.53. The molecule has 1 heterocycles. The average Bonchev–Trinajstić information content (AvgIpc) is 2.59. The van der Waals surface area contributed by atoms with Crippen LogP contribution in [0.1, 0.15) is 30.3 Å². The molecule has 4 N–H and O–H groups in total. The molecular weight excluding hydrogens is 208 g/mol. The Morgan fingerprint density at radius 3 is 2.88 bits per heavy atom. The molecule has 6 nitrogen and oxygen atoms in total. The average molecular weight is 226 g/mol. The van der Waals surface area contributed by atoms with Crippen molar-refractivity contribution in [2.75, 3.05) is 18.9 Å². The number of ether oxygens (including phenoxy) is 1. The summed E-state index contributed by atoms with van der Waals surface area (Å²) < 4.78 is 6.94. The topological polar surface area (TPSA) is 96.2 Å². The molecule has 1 aromatic rings. The van der Waals surface area contributed by atoms with Crippen molar-refractivity contribution in [3.05, 3.63) is 11.9 Å². The summed E-state index contributed by atoms with van der Waals surface area (Å²) in [6.45, 7) is 3.98. The van der Waals surface area contributed by atoms with Crippen LogP contribution in [0.25, 0.3) is 0 Å². The van der Waals surface area contributed by atoms with Gasteiger partial charge in [-0.1, -0.05) is 13.3 Å². The largest absolute Gasteiger partial charge is 0.396 e. The first kappa shape index (κ1) is 12.5. The number of anilines is 1. The van der Waals surface area contributed by atoms with Crippen LogP contribution >= 0.6 is 0 Å². The molecule has 1 amide bonds. The number of amides is 1. The Kier molecular flexibility index (Phi) is 4.78. The van der Waals surface area contributed by atoms with Crippen molar-refractivity contribution in [3.63, 3.8) is 0 Å². The first-order chi connectivity index (χ1) is 7.65. The Morgan fingerprint density at radius 1 is 1.56 bits per heavy atom. The molecular formula is C10H18N4O2. The fourth-order valence-electron chi connectivity index (χ4n) is 1.25. The molecule has 0 unspecified atom stereocenters. The van der Waals surface area contributed by atoms with Gasteiger partial charge in [0.05, 0.1) is 18.8 Å². The molecule has 0 aromatic carbocycles. The van der Waals surface area contributed by atoms with Gasteiger partial charge in [0, 0.05) is 12.8 Å². The van der Waals surface area contributed by atoms with Crippen molar-refractivity contribution < 1.29 is 9.53 Å². The van der Waals surface area contributed by atoms with Crippen molar-refractivity contribution >= 4 is 11.6 Å². The minimum absolute atomic E-state index is 0.119. The molecule has 16 heavy (non-hydrogen) atoms. The van der Waals surface area contributed by atoms with Crippen molar-refractivity contribution in [1.29, 1.82) is 0 Å². The normalized spacial score (nSPS) is 10.6. The van der Waals surface area contributed by atoms with Crippen molar-refractivity contribution in [2.24, 2.45) is 5.73 Å². The highest BCUT2D eigenvalue weighted by Gasteiger charge is 2.10. The number of nitrogen functional groups attached to an aromatic ring is 1. The minimum atomic E-state index is -0.608. The lowest BCUT2D eigenvalue weighted by Crippen LogP contribution is -2.14. The van der Waals surface area contributed by atoms with Gasteiger partial charge in [0.2, 0.25) is 0 Å². The molecule has 0 saturated carbocycles. The lowest BCUT2D eigenvalue weighted by atomic mass is 10.4. The Balaban J connectivity index is 2.37. The SMILES string of the molecule is CCCCOCCn1cc(N)c(C(N)=O)n1. The number of aromatic nitrogens is 2. The Morgan fingerprint density at radius 2 is 2.31 bits per heavy atom. The number of primary amides is 1. The van der Waals surface area contributed by atoms with Crippen LogP contribution in [0, 0.1) is 0 Å². The fraction of sp³-hybridized carbons (Fsp3) is 0.600. The number of nitrogens with zero attached hydrogens (tertiary/aromatic N) is 2. The standard InChI is InChI=1S/C10H18N4O2/c1-2-3-5-16-6-4-14-7-8(11)9(13-14)10(12)15/h7H,2-6,11H2,1H3,(H2,12,15). The van der Waals surface area contributed by atoms with Crippen molar-refractivity contribution in [3.8, 4) is 0 Å². The fourth-order valence-corrected chi connectivity index (χ4v) is 1.25. The van der Waals surface area contributed by atoms with Gasteiger partial charge < -0.3 is 16.2 Å². The third kappa shape index (κ3) is 3.54. The lowest BCUT2D eigenvalue weighted by Gasteiger charge is -2.02. The molecule has 0 bridgehead atoms. The van der Waals surface area contributed by atoms with E-state index in [2.05, 4.69) is 12.0 Å². The van der Waals surface area contributed by atoms with Gasteiger partial charge in [0.15, 0.2) is 5.69 Å². The van der Waals surface area contributed by atoms with E-state index in [-0.39, 0.29) is 5.69 Å². The van der Waals surface area contributed by atoms with E-state index in [0.717, 1.165) is 19.4 Å². The molecule has 1 aromatic heterocycles. The molecule has 0 aliphatic carbocycles. The van der Waals surface area contributed by atoms with Gasteiger partial charge in [-0.3, -0.25) is 9.48 Å². The van der Waals surface area contributed by atoms with E-state index in [0.29, 0.717) is 18.8 Å². The van der Waals surface area contributed by atoms with Crippen LogP contribution in [0.15, 0.2) is 6.20 Å². The highest BCUT2D eigenvalue weighted by molar-refractivity contribution is 5.95.